The van der Waals surface area contributed by atoms with Crippen LogP contribution in [0.15, 0.2) is 0 Å². The molecule has 0 N–H and O–H groups in total. The van der Waals surface area contributed by atoms with E-state index in [1.54, 1.807) is 0 Å². The van der Waals surface area contributed by atoms with Gasteiger partial charge in [-0.3, -0.25) is 4.79 Å². The van der Waals surface area contributed by atoms with E-state index < -0.39 is 6.29 Å². The average molecular weight is 202 g/mol. The molecule has 0 aliphatic rings. The van der Waals surface area contributed by atoms with Gasteiger partial charge in [0, 0.05) is 13.3 Å². The predicted octanol–water partition coefficient (Wildman–Crippen LogP) is 2.74. The lowest BCUT2D eigenvalue weighted by molar-refractivity contribution is -0.190. The number of rotatable bonds is 4. The van der Waals surface area contributed by atoms with Crippen molar-refractivity contribution < 1.29 is 14.3 Å². The number of carbonyl (C=O) groups excluding carboxylic acids is 1. The molecule has 0 saturated carbocycles. The molecule has 0 radical (unpaired) electrons. The van der Waals surface area contributed by atoms with Crippen molar-refractivity contribution in [2.24, 2.45) is 5.41 Å². The fraction of sp³-hybridized carbons (Fsp3) is 0.909. The van der Waals surface area contributed by atoms with Crippen molar-refractivity contribution in [2.75, 3.05) is 0 Å². The van der Waals surface area contributed by atoms with Crippen LogP contribution in [-0.4, -0.2) is 18.4 Å². The molecule has 3 heteroatoms. The fourth-order valence-electron chi connectivity index (χ4n) is 1.11. The normalized spacial score (nSPS) is 14.2. The minimum atomic E-state index is -0.424. The summed E-state index contributed by atoms with van der Waals surface area (Å²) < 4.78 is 10.6. The molecule has 0 rings (SSSR count). The summed E-state index contributed by atoms with van der Waals surface area (Å²) in [6, 6.07) is 0. The third-order valence-electron chi connectivity index (χ3n) is 1.50. The van der Waals surface area contributed by atoms with Crippen LogP contribution in [0.25, 0.3) is 0 Å². The van der Waals surface area contributed by atoms with E-state index >= 15 is 0 Å². The van der Waals surface area contributed by atoms with Gasteiger partial charge in [-0.2, -0.15) is 0 Å². The van der Waals surface area contributed by atoms with Crippen LogP contribution in [0.1, 0.15) is 48.0 Å². The lowest BCUT2D eigenvalue weighted by atomic mass is 9.92. The number of hydrogen-bond donors (Lipinski definition) is 0. The van der Waals surface area contributed by atoms with Crippen molar-refractivity contribution in [1.82, 2.24) is 0 Å². The summed E-state index contributed by atoms with van der Waals surface area (Å²) in [6.07, 6.45) is 0.360. The first-order valence-electron chi connectivity index (χ1n) is 5.03. The van der Waals surface area contributed by atoms with Crippen molar-refractivity contribution in [2.45, 2.75) is 60.4 Å². The van der Waals surface area contributed by atoms with E-state index in [9.17, 15) is 4.79 Å². The Morgan fingerprint density at radius 3 is 2.07 bits per heavy atom. The molecule has 0 saturated heterocycles. The monoisotopic (exact) mass is 202 g/mol. The predicted molar refractivity (Wildman–Crippen MR) is 55.8 cm³/mol. The minimum Gasteiger partial charge on any atom is -0.436 e. The Morgan fingerprint density at radius 1 is 1.29 bits per heavy atom. The number of esters is 1. The highest BCUT2D eigenvalue weighted by Crippen LogP contribution is 2.23. The molecular weight excluding hydrogens is 180 g/mol. The maximum absolute atomic E-state index is 10.8. The van der Waals surface area contributed by atoms with Crippen molar-refractivity contribution in [3.63, 3.8) is 0 Å². The van der Waals surface area contributed by atoms with Gasteiger partial charge < -0.3 is 9.47 Å². The largest absolute Gasteiger partial charge is 0.436 e. The summed E-state index contributed by atoms with van der Waals surface area (Å²) in [5.74, 6) is -0.292. The van der Waals surface area contributed by atoms with Crippen LogP contribution < -0.4 is 0 Å². The van der Waals surface area contributed by atoms with Crippen LogP contribution in [0.3, 0.4) is 0 Å². The van der Waals surface area contributed by atoms with Crippen LogP contribution in [0.2, 0.25) is 0 Å². The Bertz CT molecular complexity index is 179. The standard InChI is InChI=1S/C11H22O3/c1-8(2)13-10(14-9(3)12)7-11(4,5)6/h8,10H,7H2,1-6H3. The van der Waals surface area contributed by atoms with Gasteiger partial charge in [0.15, 0.2) is 0 Å². The zero-order chi connectivity index (χ0) is 11.4. The van der Waals surface area contributed by atoms with Crippen molar-refractivity contribution >= 4 is 5.97 Å². The van der Waals surface area contributed by atoms with Crippen LogP contribution in [0, 0.1) is 5.41 Å². The molecule has 0 amide bonds. The Hall–Kier alpha value is -0.570. The summed E-state index contributed by atoms with van der Waals surface area (Å²) >= 11 is 0. The number of ether oxygens (including phenoxy) is 2. The summed E-state index contributed by atoms with van der Waals surface area (Å²) in [5.41, 5.74) is 0.0923. The maximum atomic E-state index is 10.8. The van der Waals surface area contributed by atoms with Crippen LogP contribution >= 0.6 is 0 Å². The second-order valence-corrected chi connectivity index (χ2v) is 4.99. The van der Waals surface area contributed by atoms with Gasteiger partial charge in [0.1, 0.15) is 0 Å². The lowest BCUT2D eigenvalue weighted by Gasteiger charge is -2.26. The molecule has 0 aliphatic heterocycles. The molecule has 0 aromatic rings. The Morgan fingerprint density at radius 2 is 1.79 bits per heavy atom. The minimum absolute atomic E-state index is 0.0710. The molecule has 1 unspecified atom stereocenters. The van der Waals surface area contributed by atoms with Gasteiger partial charge >= 0.3 is 5.97 Å². The topological polar surface area (TPSA) is 35.5 Å². The molecule has 84 valence electrons. The van der Waals surface area contributed by atoms with Crippen LogP contribution in [0.5, 0.6) is 0 Å². The maximum Gasteiger partial charge on any atom is 0.304 e. The average Bonchev–Trinajstić information content (AvgIpc) is 1.77. The van der Waals surface area contributed by atoms with Gasteiger partial charge in [-0.15, -0.1) is 0 Å². The van der Waals surface area contributed by atoms with E-state index in [-0.39, 0.29) is 17.5 Å². The second-order valence-electron chi connectivity index (χ2n) is 4.99. The number of carbonyl (C=O) groups is 1. The molecule has 0 spiro atoms. The second kappa shape index (κ2) is 5.35. The van der Waals surface area contributed by atoms with E-state index in [0.29, 0.717) is 6.42 Å². The zero-order valence-electron chi connectivity index (χ0n) is 10.1. The molecule has 0 aliphatic carbocycles. The van der Waals surface area contributed by atoms with Crippen LogP contribution in [0.4, 0.5) is 0 Å². The first kappa shape index (κ1) is 13.4. The summed E-state index contributed by atoms with van der Waals surface area (Å²) in [5, 5.41) is 0. The fourth-order valence-corrected chi connectivity index (χ4v) is 1.11. The summed E-state index contributed by atoms with van der Waals surface area (Å²) in [4.78, 5) is 10.8. The smallest absolute Gasteiger partial charge is 0.304 e. The van der Waals surface area contributed by atoms with E-state index in [4.69, 9.17) is 9.47 Å². The van der Waals surface area contributed by atoms with Gasteiger partial charge in [0.25, 0.3) is 0 Å². The van der Waals surface area contributed by atoms with Crippen molar-refractivity contribution in [3.8, 4) is 0 Å². The quantitative estimate of drug-likeness (QED) is 0.519. The Labute approximate surface area is 86.8 Å². The molecule has 0 fully saturated rings. The highest BCUT2D eigenvalue weighted by Gasteiger charge is 2.22. The van der Waals surface area contributed by atoms with Crippen LogP contribution in [-0.2, 0) is 14.3 Å². The molecule has 1 atom stereocenters. The van der Waals surface area contributed by atoms with E-state index in [1.165, 1.54) is 6.92 Å². The molecule has 0 bridgehead atoms. The van der Waals surface area contributed by atoms with Gasteiger partial charge in [-0.1, -0.05) is 20.8 Å². The van der Waals surface area contributed by atoms with E-state index in [1.807, 2.05) is 13.8 Å². The molecule has 14 heavy (non-hydrogen) atoms. The molecule has 0 aromatic heterocycles. The molecule has 3 nitrogen and oxygen atoms in total. The highest BCUT2D eigenvalue weighted by atomic mass is 16.7. The first-order valence-corrected chi connectivity index (χ1v) is 5.03. The first-order chi connectivity index (χ1) is 6.20. The van der Waals surface area contributed by atoms with Crippen molar-refractivity contribution in [3.05, 3.63) is 0 Å². The molecular formula is C11H22O3. The summed E-state index contributed by atoms with van der Waals surface area (Å²) in [6.45, 7) is 11.5. The van der Waals surface area contributed by atoms with Crippen molar-refractivity contribution in [1.29, 1.82) is 0 Å². The van der Waals surface area contributed by atoms with Gasteiger partial charge in [0.05, 0.1) is 6.10 Å². The van der Waals surface area contributed by atoms with E-state index in [0.717, 1.165) is 0 Å². The van der Waals surface area contributed by atoms with E-state index in [2.05, 4.69) is 20.8 Å². The van der Waals surface area contributed by atoms with Gasteiger partial charge in [-0.05, 0) is 19.3 Å². The third kappa shape index (κ3) is 8.05. The molecule has 0 aromatic carbocycles. The number of hydrogen-bond acceptors (Lipinski definition) is 3. The third-order valence-corrected chi connectivity index (χ3v) is 1.50. The van der Waals surface area contributed by atoms with Gasteiger partial charge in [-0.25, -0.2) is 0 Å². The summed E-state index contributed by atoms with van der Waals surface area (Å²) in [7, 11) is 0. The molecule has 0 heterocycles. The zero-order valence-corrected chi connectivity index (χ0v) is 10.1. The highest BCUT2D eigenvalue weighted by molar-refractivity contribution is 5.66. The Kier molecular flexibility index (Phi) is 5.13. The van der Waals surface area contributed by atoms with Gasteiger partial charge in [0.2, 0.25) is 6.29 Å². The SMILES string of the molecule is CC(=O)OC(CC(C)(C)C)OC(C)C. The lowest BCUT2D eigenvalue weighted by Crippen LogP contribution is -2.28. The Balaban J connectivity index is 4.17.